The topological polar surface area (TPSA) is 112 Å². The van der Waals surface area contributed by atoms with Gasteiger partial charge in [-0.1, -0.05) is 12.1 Å². The molecule has 3 rings (SSSR count). The van der Waals surface area contributed by atoms with E-state index in [9.17, 15) is 13.2 Å². The van der Waals surface area contributed by atoms with Gasteiger partial charge in [0.05, 0.1) is 28.5 Å². The lowest BCUT2D eigenvalue weighted by atomic mass is 10.1. The van der Waals surface area contributed by atoms with E-state index in [2.05, 4.69) is 14.7 Å². The number of hydrogen-bond acceptors (Lipinski definition) is 4. The van der Waals surface area contributed by atoms with Crippen LogP contribution in [0.1, 0.15) is 10.4 Å². The van der Waals surface area contributed by atoms with Crippen LogP contribution in [0.3, 0.4) is 0 Å². The molecule has 0 aliphatic rings. The molecule has 1 aromatic heterocycles. The molecule has 7 nitrogen and oxygen atoms in total. The number of hydrogen-bond donors (Lipinski definition) is 3. The molecule has 1 heterocycles. The van der Waals surface area contributed by atoms with E-state index in [-0.39, 0.29) is 5.56 Å². The number of nitrogens with one attached hydrogen (secondary N) is 2. The number of carboxylic acids is 1. The summed E-state index contributed by atoms with van der Waals surface area (Å²) >= 11 is 0. The molecule has 8 heteroatoms. The van der Waals surface area contributed by atoms with Crippen molar-refractivity contribution < 1.29 is 18.3 Å². The van der Waals surface area contributed by atoms with Gasteiger partial charge in [0, 0.05) is 5.56 Å². The highest BCUT2D eigenvalue weighted by Gasteiger charge is 2.09. The van der Waals surface area contributed by atoms with Crippen LogP contribution in [0.4, 0.5) is 5.69 Å². The highest BCUT2D eigenvalue weighted by Crippen LogP contribution is 2.23. The number of carboxylic acid groups (broad SMARTS) is 1. The number of aromatic nitrogens is 2. The fraction of sp³-hybridized carbons (Fsp3) is 0.0667. The Bertz CT molecular complexity index is 991. The normalized spacial score (nSPS) is 11.5. The van der Waals surface area contributed by atoms with Crippen molar-refractivity contribution in [3.8, 4) is 11.4 Å². The van der Waals surface area contributed by atoms with Crippen LogP contribution >= 0.6 is 0 Å². The van der Waals surface area contributed by atoms with E-state index in [1.165, 1.54) is 12.1 Å². The zero-order chi connectivity index (χ0) is 16.6. The Morgan fingerprint density at radius 2 is 1.87 bits per heavy atom. The number of aromatic amines is 1. The molecule has 118 valence electrons. The van der Waals surface area contributed by atoms with Crippen LogP contribution in [0, 0.1) is 0 Å². The quantitative estimate of drug-likeness (QED) is 0.679. The first-order valence-corrected chi connectivity index (χ1v) is 8.52. The van der Waals surface area contributed by atoms with Crippen LogP contribution in [0.2, 0.25) is 0 Å². The highest BCUT2D eigenvalue weighted by molar-refractivity contribution is 7.92. The predicted molar refractivity (Wildman–Crippen MR) is 87.0 cm³/mol. The summed E-state index contributed by atoms with van der Waals surface area (Å²) in [5.41, 5.74) is 2.74. The van der Waals surface area contributed by atoms with E-state index >= 15 is 0 Å². The van der Waals surface area contributed by atoms with Crippen LogP contribution in [0.15, 0.2) is 42.5 Å². The van der Waals surface area contributed by atoms with Gasteiger partial charge in [0.1, 0.15) is 5.82 Å². The zero-order valence-electron chi connectivity index (χ0n) is 12.1. The van der Waals surface area contributed by atoms with E-state index in [0.29, 0.717) is 22.5 Å². The predicted octanol–water partition coefficient (Wildman–Crippen LogP) is 2.30. The highest BCUT2D eigenvalue weighted by atomic mass is 32.2. The van der Waals surface area contributed by atoms with Crippen molar-refractivity contribution in [3.05, 3.63) is 48.0 Å². The first-order chi connectivity index (χ1) is 10.8. The Balaban J connectivity index is 1.98. The lowest BCUT2D eigenvalue weighted by Crippen LogP contribution is -2.09. The number of aromatic carboxylic acids is 1. The van der Waals surface area contributed by atoms with Gasteiger partial charge in [-0.25, -0.2) is 18.2 Å². The monoisotopic (exact) mass is 331 g/mol. The molecule has 0 radical (unpaired) electrons. The number of anilines is 1. The number of carbonyl (C=O) groups is 1. The van der Waals surface area contributed by atoms with Crippen LogP contribution in [0.5, 0.6) is 0 Å². The molecule has 0 atom stereocenters. The molecule has 3 N–H and O–H groups in total. The lowest BCUT2D eigenvalue weighted by Gasteiger charge is -2.02. The second-order valence-corrected chi connectivity index (χ2v) is 6.82. The summed E-state index contributed by atoms with van der Waals surface area (Å²) in [7, 11) is -3.34. The van der Waals surface area contributed by atoms with Crippen LogP contribution < -0.4 is 4.72 Å². The first-order valence-electron chi connectivity index (χ1n) is 6.63. The molecule has 0 aliphatic carbocycles. The van der Waals surface area contributed by atoms with Gasteiger partial charge in [0.15, 0.2) is 0 Å². The minimum absolute atomic E-state index is 0.199. The minimum atomic E-state index is -3.34. The Morgan fingerprint density at radius 3 is 2.48 bits per heavy atom. The van der Waals surface area contributed by atoms with Crippen molar-refractivity contribution in [3.63, 3.8) is 0 Å². The van der Waals surface area contributed by atoms with E-state index in [1.54, 1.807) is 30.3 Å². The zero-order valence-corrected chi connectivity index (χ0v) is 12.9. The van der Waals surface area contributed by atoms with Gasteiger partial charge in [-0.3, -0.25) is 4.72 Å². The fourth-order valence-electron chi connectivity index (χ4n) is 2.19. The SMILES string of the molecule is CS(=O)(=O)Nc1ccc2nc(-c3ccc(C(=O)O)cc3)[nH]c2c1. The number of fused-ring (bicyclic) bond motifs is 1. The standard InChI is InChI=1S/C15H13N3O4S/c1-23(21,22)18-11-6-7-12-13(8-11)17-14(16-12)9-2-4-10(5-3-9)15(19)20/h2-8,18H,1H3,(H,16,17)(H,19,20). The molecule has 0 unspecified atom stereocenters. The third kappa shape index (κ3) is 3.32. The average molecular weight is 331 g/mol. The van der Waals surface area contributed by atoms with Gasteiger partial charge in [-0.2, -0.15) is 0 Å². The van der Waals surface area contributed by atoms with Gasteiger partial charge >= 0.3 is 5.97 Å². The summed E-state index contributed by atoms with van der Waals surface area (Å²) in [5.74, 6) is -0.411. The van der Waals surface area contributed by atoms with Crippen molar-refractivity contribution in [2.45, 2.75) is 0 Å². The van der Waals surface area contributed by atoms with Crippen LogP contribution in [-0.2, 0) is 10.0 Å². The maximum absolute atomic E-state index is 11.3. The molecule has 0 fully saturated rings. The number of imidazole rings is 1. The number of H-pyrrole nitrogens is 1. The lowest BCUT2D eigenvalue weighted by molar-refractivity contribution is 0.0697. The van der Waals surface area contributed by atoms with Gasteiger partial charge in [-0.05, 0) is 30.3 Å². The summed E-state index contributed by atoms with van der Waals surface area (Å²) in [6, 6.07) is 11.3. The maximum Gasteiger partial charge on any atom is 0.335 e. The third-order valence-electron chi connectivity index (χ3n) is 3.19. The summed E-state index contributed by atoms with van der Waals surface area (Å²) in [4.78, 5) is 18.4. The Hall–Kier alpha value is -2.87. The molecule has 0 bridgehead atoms. The molecular weight excluding hydrogens is 318 g/mol. The van der Waals surface area contributed by atoms with E-state index in [0.717, 1.165) is 11.8 Å². The molecule has 0 amide bonds. The minimum Gasteiger partial charge on any atom is -0.478 e. The van der Waals surface area contributed by atoms with E-state index in [4.69, 9.17) is 5.11 Å². The van der Waals surface area contributed by atoms with Crippen LogP contribution in [-0.4, -0.2) is 35.7 Å². The molecule has 3 aromatic rings. The molecule has 23 heavy (non-hydrogen) atoms. The van der Waals surface area contributed by atoms with E-state index in [1.807, 2.05) is 0 Å². The van der Waals surface area contributed by atoms with Gasteiger partial charge in [0.2, 0.25) is 10.0 Å². The Morgan fingerprint density at radius 1 is 1.17 bits per heavy atom. The van der Waals surface area contributed by atoms with Gasteiger partial charge < -0.3 is 10.1 Å². The molecule has 0 saturated heterocycles. The van der Waals surface area contributed by atoms with Gasteiger partial charge in [-0.15, -0.1) is 0 Å². The largest absolute Gasteiger partial charge is 0.478 e. The molecule has 0 saturated carbocycles. The van der Waals surface area contributed by atoms with Gasteiger partial charge in [0.25, 0.3) is 0 Å². The van der Waals surface area contributed by atoms with Crippen molar-refractivity contribution in [2.24, 2.45) is 0 Å². The van der Waals surface area contributed by atoms with Crippen molar-refractivity contribution >= 4 is 32.7 Å². The molecular formula is C15H13N3O4S. The fourth-order valence-corrected chi connectivity index (χ4v) is 2.75. The smallest absolute Gasteiger partial charge is 0.335 e. The number of nitrogens with zero attached hydrogens (tertiary/aromatic N) is 1. The van der Waals surface area contributed by atoms with Crippen molar-refractivity contribution in [1.29, 1.82) is 0 Å². The third-order valence-corrected chi connectivity index (χ3v) is 3.80. The number of rotatable bonds is 4. The summed E-state index contributed by atoms with van der Waals surface area (Å²) < 4.78 is 24.9. The maximum atomic E-state index is 11.3. The number of benzene rings is 2. The second kappa shape index (κ2) is 5.40. The Labute approximate surface area is 132 Å². The summed E-state index contributed by atoms with van der Waals surface area (Å²) in [6.45, 7) is 0. The molecule has 0 aliphatic heterocycles. The van der Waals surface area contributed by atoms with Crippen LogP contribution in [0.25, 0.3) is 22.4 Å². The number of sulfonamides is 1. The average Bonchev–Trinajstić information content (AvgIpc) is 2.88. The molecule has 0 spiro atoms. The second-order valence-electron chi connectivity index (χ2n) is 5.07. The summed E-state index contributed by atoms with van der Waals surface area (Å²) in [5, 5.41) is 8.90. The first kappa shape index (κ1) is 15.0. The Kier molecular flexibility index (Phi) is 3.53. The van der Waals surface area contributed by atoms with Crippen molar-refractivity contribution in [1.82, 2.24) is 9.97 Å². The molecule has 2 aromatic carbocycles. The van der Waals surface area contributed by atoms with E-state index < -0.39 is 16.0 Å². The van der Waals surface area contributed by atoms with Crippen molar-refractivity contribution in [2.75, 3.05) is 11.0 Å². The summed E-state index contributed by atoms with van der Waals surface area (Å²) in [6.07, 6.45) is 1.08.